The Bertz CT molecular complexity index is 1060. The largest absolute Gasteiger partial charge is 0.508 e. The van der Waals surface area contributed by atoms with Crippen molar-refractivity contribution in [3.63, 3.8) is 0 Å². The fourth-order valence-corrected chi connectivity index (χ4v) is 5.07. The lowest BCUT2D eigenvalue weighted by atomic mass is 9.97. The molecule has 0 bridgehead atoms. The molecule has 3 atom stereocenters. The SMILES string of the molecule is CC(C)CC(CP(=O)(O)CNC(=O)OCc1ccccc1)C(=O)N[C@@H](Cc1ccc(O)cc1)C(=O)O. The second-order valence-corrected chi connectivity index (χ2v) is 11.4. The van der Waals surface area contributed by atoms with Crippen LogP contribution in [0.1, 0.15) is 31.4 Å². The molecule has 196 valence electrons. The summed E-state index contributed by atoms with van der Waals surface area (Å²) in [7, 11) is -4.00. The van der Waals surface area contributed by atoms with Crippen LogP contribution < -0.4 is 10.6 Å². The van der Waals surface area contributed by atoms with Gasteiger partial charge >= 0.3 is 12.1 Å². The van der Waals surface area contributed by atoms with E-state index < -0.39 is 49.7 Å². The van der Waals surface area contributed by atoms with Crippen molar-refractivity contribution < 1.29 is 38.8 Å². The Morgan fingerprint density at radius 1 is 1.00 bits per heavy atom. The summed E-state index contributed by atoms with van der Waals surface area (Å²) in [5.74, 6) is -2.83. The van der Waals surface area contributed by atoms with Crippen LogP contribution in [0, 0.1) is 11.8 Å². The number of hydrogen-bond donors (Lipinski definition) is 5. The third-order valence-corrected chi connectivity index (χ3v) is 6.97. The molecule has 36 heavy (non-hydrogen) atoms. The Labute approximate surface area is 210 Å². The zero-order valence-electron chi connectivity index (χ0n) is 20.3. The first-order valence-corrected chi connectivity index (χ1v) is 13.5. The lowest BCUT2D eigenvalue weighted by Crippen LogP contribution is -2.46. The summed E-state index contributed by atoms with van der Waals surface area (Å²) in [4.78, 5) is 47.1. The van der Waals surface area contributed by atoms with E-state index in [2.05, 4.69) is 10.6 Å². The highest BCUT2D eigenvalue weighted by Gasteiger charge is 2.32. The zero-order valence-corrected chi connectivity index (χ0v) is 21.2. The van der Waals surface area contributed by atoms with Gasteiger partial charge in [-0.15, -0.1) is 0 Å². The molecular formula is C25H33N2O8P. The molecule has 0 aromatic heterocycles. The highest BCUT2D eigenvalue weighted by atomic mass is 31.2. The standard InChI is InChI=1S/C25H33N2O8P/c1-17(2)12-20(23(29)27-22(24(30)31)13-18-8-10-21(28)11-9-18)15-36(33,34)16-26-25(32)35-14-19-6-4-3-5-7-19/h3-11,17,20,22,28H,12-16H2,1-2H3,(H,26,32)(H,27,29)(H,30,31)(H,33,34)/t20?,22-/m0/s1. The van der Waals surface area contributed by atoms with E-state index in [9.17, 15) is 34.1 Å². The monoisotopic (exact) mass is 520 g/mol. The van der Waals surface area contributed by atoms with Crippen LogP contribution in [0.25, 0.3) is 0 Å². The molecule has 10 nitrogen and oxygen atoms in total. The van der Waals surface area contributed by atoms with Crippen LogP contribution in [0.4, 0.5) is 4.79 Å². The summed E-state index contributed by atoms with van der Waals surface area (Å²) in [6, 6.07) is 13.6. The lowest BCUT2D eigenvalue weighted by Gasteiger charge is -2.24. The second kappa shape index (κ2) is 13.7. The third kappa shape index (κ3) is 10.5. The number of aromatic hydroxyl groups is 1. The molecule has 0 radical (unpaired) electrons. The zero-order chi connectivity index (χ0) is 26.7. The lowest BCUT2D eigenvalue weighted by molar-refractivity contribution is -0.142. The van der Waals surface area contributed by atoms with E-state index in [1.807, 2.05) is 19.9 Å². The van der Waals surface area contributed by atoms with Crippen LogP contribution in [-0.2, 0) is 31.9 Å². The summed E-state index contributed by atoms with van der Waals surface area (Å²) >= 11 is 0. The van der Waals surface area contributed by atoms with Crippen LogP contribution in [0.15, 0.2) is 54.6 Å². The van der Waals surface area contributed by atoms with E-state index in [4.69, 9.17) is 4.74 Å². The van der Waals surface area contributed by atoms with Crippen LogP contribution in [0.5, 0.6) is 5.75 Å². The molecule has 2 aromatic rings. The van der Waals surface area contributed by atoms with E-state index in [1.165, 1.54) is 12.1 Å². The van der Waals surface area contributed by atoms with Gasteiger partial charge in [-0.05, 0) is 35.6 Å². The number of amides is 2. The molecule has 2 unspecified atom stereocenters. The van der Waals surface area contributed by atoms with Crippen molar-refractivity contribution in [3.8, 4) is 5.75 Å². The maximum absolute atomic E-state index is 13.0. The van der Waals surface area contributed by atoms with Crippen LogP contribution in [-0.4, -0.2) is 51.6 Å². The average Bonchev–Trinajstić information content (AvgIpc) is 2.82. The summed E-state index contributed by atoms with van der Waals surface area (Å²) < 4.78 is 17.8. The molecule has 0 heterocycles. The number of aliphatic carboxylic acids is 1. The Hall–Kier alpha value is -3.36. The van der Waals surface area contributed by atoms with E-state index >= 15 is 0 Å². The first-order chi connectivity index (χ1) is 16.9. The van der Waals surface area contributed by atoms with Crippen LogP contribution >= 0.6 is 7.37 Å². The predicted octanol–water partition coefficient (Wildman–Crippen LogP) is 3.32. The fraction of sp³-hybridized carbons (Fsp3) is 0.400. The number of phenols is 1. The van der Waals surface area contributed by atoms with Gasteiger partial charge in [0.1, 0.15) is 18.4 Å². The number of carbonyl (C=O) groups is 3. The number of alkyl carbamates (subject to hydrolysis) is 1. The van der Waals surface area contributed by atoms with Crippen molar-refractivity contribution in [2.75, 3.05) is 12.4 Å². The molecule has 11 heteroatoms. The van der Waals surface area contributed by atoms with Gasteiger partial charge in [0.2, 0.25) is 13.3 Å². The molecule has 5 N–H and O–H groups in total. The molecule has 0 aliphatic rings. The number of rotatable bonds is 13. The van der Waals surface area contributed by atoms with Crippen LogP contribution in [0.2, 0.25) is 0 Å². The number of carbonyl (C=O) groups excluding carboxylic acids is 2. The highest BCUT2D eigenvalue weighted by Crippen LogP contribution is 2.42. The van der Waals surface area contributed by atoms with E-state index in [0.29, 0.717) is 5.56 Å². The number of carboxylic acids is 1. The van der Waals surface area contributed by atoms with Gasteiger partial charge in [0.15, 0.2) is 0 Å². The molecular weight excluding hydrogens is 487 g/mol. The predicted molar refractivity (Wildman–Crippen MR) is 134 cm³/mol. The number of nitrogens with one attached hydrogen (secondary N) is 2. The minimum atomic E-state index is -4.00. The molecule has 2 amide bonds. The summed E-state index contributed by atoms with van der Waals surface area (Å²) in [6.45, 7) is 3.68. The van der Waals surface area contributed by atoms with Crippen molar-refractivity contribution in [3.05, 3.63) is 65.7 Å². The molecule has 0 fully saturated rings. The number of phenolic OH excluding ortho intramolecular Hbond substituents is 1. The Balaban J connectivity index is 1.97. The molecule has 0 saturated heterocycles. The number of hydrogen-bond acceptors (Lipinski definition) is 6. The van der Waals surface area contributed by atoms with Gasteiger partial charge in [-0.2, -0.15) is 0 Å². The molecule has 0 aliphatic carbocycles. The van der Waals surface area contributed by atoms with E-state index in [0.717, 1.165) is 5.56 Å². The molecule has 0 saturated carbocycles. The number of carboxylic acid groups (broad SMARTS) is 1. The minimum absolute atomic E-state index is 0.00160. The molecule has 2 rings (SSSR count). The summed E-state index contributed by atoms with van der Waals surface area (Å²) in [6.07, 6.45) is -1.65. The number of benzene rings is 2. The van der Waals surface area contributed by atoms with Gasteiger partial charge in [-0.1, -0.05) is 56.3 Å². The van der Waals surface area contributed by atoms with E-state index in [1.54, 1.807) is 36.4 Å². The Morgan fingerprint density at radius 2 is 1.64 bits per heavy atom. The highest BCUT2D eigenvalue weighted by molar-refractivity contribution is 7.58. The Kier molecular flexibility index (Phi) is 11.0. The van der Waals surface area contributed by atoms with Crippen molar-refractivity contribution in [2.45, 2.75) is 39.3 Å². The van der Waals surface area contributed by atoms with Crippen molar-refractivity contribution in [1.29, 1.82) is 0 Å². The first kappa shape index (κ1) is 28.9. The third-order valence-electron chi connectivity index (χ3n) is 5.31. The number of ether oxygens (including phenoxy) is 1. The normalized spacial score (nSPS) is 14.3. The smallest absolute Gasteiger partial charge is 0.407 e. The quantitative estimate of drug-likeness (QED) is 0.251. The maximum atomic E-state index is 13.0. The van der Waals surface area contributed by atoms with Crippen molar-refractivity contribution >= 4 is 25.3 Å². The van der Waals surface area contributed by atoms with Gasteiger partial charge in [0.05, 0.1) is 6.29 Å². The van der Waals surface area contributed by atoms with Gasteiger partial charge in [-0.3, -0.25) is 9.36 Å². The van der Waals surface area contributed by atoms with Gasteiger partial charge in [0.25, 0.3) is 0 Å². The van der Waals surface area contributed by atoms with Crippen molar-refractivity contribution in [2.24, 2.45) is 11.8 Å². The van der Waals surface area contributed by atoms with Gasteiger partial charge in [-0.25, -0.2) is 9.59 Å². The topological polar surface area (TPSA) is 162 Å². The maximum Gasteiger partial charge on any atom is 0.407 e. The fourth-order valence-electron chi connectivity index (χ4n) is 3.56. The Morgan fingerprint density at radius 3 is 2.22 bits per heavy atom. The van der Waals surface area contributed by atoms with Crippen LogP contribution in [0.3, 0.4) is 0 Å². The van der Waals surface area contributed by atoms with Gasteiger partial charge in [0, 0.05) is 18.5 Å². The molecule has 2 aromatic carbocycles. The first-order valence-electron chi connectivity index (χ1n) is 11.5. The second-order valence-electron chi connectivity index (χ2n) is 9.02. The van der Waals surface area contributed by atoms with Gasteiger partial charge < -0.3 is 30.5 Å². The summed E-state index contributed by atoms with van der Waals surface area (Å²) in [5.41, 5.74) is 1.35. The summed E-state index contributed by atoms with van der Waals surface area (Å²) in [5, 5.41) is 23.7. The minimum Gasteiger partial charge on any atom is -0.508 e. The molecule has 0 aliphatic heterocycles. The van der Waals surface area contributed by atoms with E-state index in [-0.39, 0.29) is 31.1 Å². The van der Waals surface area contributed by atoms with Crippen molar-refractivity contribution in [1.82, 2.24) is 10.6 Å². The molecule has 0 spiro atoms. The average molecular weight is 521 g/mol.